The third-order valence-electron chi connectivity index (χ3n) is 3.54. The molecule has 1 N–H and O–H groups in total. The monoisotopic (exact) mass is 212 g/mol. The van der Waals surface area contributed by atoms with E-state index >= 15 is 0 Å². The molecular formula is C13H28N2. The maximum Gasteiger partial charge on any atom is 0.0114 e. The van der Waals surface area contributed by atoms with Crippen molar-refractivity contribution in [2.75, 3.05) is 26.7 Å². The average molecular weight is 212 g/mol. The standard InChI is InChI=1S/C13H28N2/c1-11-10-15(8-6-12(11)14-5)9-7-13(2,3)4/h11-12,14H,6-10H2,1-5H3. The summed E-state index contributed by atoms with van der Waals surface area (Å²) >= 11 is 0. The predicted octanol–water partition coefficient (Wildman–Crippen LogP) is 2.35. The Hall–Kier alpha value is -0.0800. The molecule has 1 aliphatic heterocycles. The van der Waals surface area contributed by atoms with Crippen LogP contribution in [0, 0.1) is 11.3 Å². The van der Waals surface area contributed by atoms with E-state index in [1.807, 2.05) is 0 Å². The van der Waals surface area contributed by atoms with Gasteiger partial charge in [-0.1, -0.05) is 27.7 Å². The SMILES string of the molecule is CNC1CCN(CCC(C)(C)C)CC1C. The number of likely N-dealkylation sites (tertiary alicyclic amines) is 1. The molecule has 0 aromatic carbocycles. The first kappa shape index (κ1) is 13.0. The first-order valence-electron chi connectivity index (χ1n) is 6.32. The number of hydrogen-bond donors (Lipinski definition) is 1. The van der Waals surface area contributed by atoms with Crippen molar-refractivity contribution in [3.05, 3.63) is 0 Å². The van der Waals surface area contributed by atoms with Gasteiger partial charge in [-0.05, 0) is 44.3 Å². The highest BCUT2D eigenvalue weighted by Crippen LogP contribution is 2.22. The normalized spacial score (nSPS) is 29.4. The molecule has 0 bridgehead atoms. The molecule has 0 spiro atoms. The molecule has 0 radical (unpaired) electrons. The molecule has 2 unspecified atom stereocenters. The summed E-state index contributed by atoms with van der Waals surface area (Å²) in [7, 11) is 2.09. The first-order valence-corrected chi connectivity index (χ1v) is 6.32. The second-order valence-electron chi connectivity index (χ2n) is 6.27. The molecule has 15 heavy (non-hydrogen) atoms. The van der Waals surface area contributed by atoms with Gasteiger partial charge in [0.15, 0.2) is 0 Å². The Morgan fingerprint density at radius 2 is 2.00 bits per heavy atom. The molecule has 0 amide bonds. The molecule has 1 aliphatic rings. The Bertz CT molecular complexity index is 183. The van der Waals surface area contributed by atoms with Crippen LogP contribution >= 0.6 is 0 Å². The smallest absolute Gasteiger partial charge is 0.0114 e. The lowest BCUT2D eigenvalue weighted by atomic mass is 9.90. The molecule has 2 atom stereocenters. The van der Waals surface area contributed by atoms with Gasteiger partial charge < -0.3 is 10.2 Å². The van der Waals surface area contributed by atoms with Crippen molar-refractivity contribution in [3.8, 4) is 0 Å². The second-order valence-corrected chi connectivity index (χ2v) is 6.27. The summed E-state index contributed by atoms with van der Waals surface area (Å²) < 4.78 is 0. The van der Waals surface area contributed by atoms with Gasteiger partial charge in [0.2, 0.25) is 0 Å². The Kier molecular flexibility index (Phi) is 4.60. The van der Waals surface area contributed by atoms with Gasteiger partial charge in [0.05, 0.1) is 0 Å². The number of nitrogens with zero attached hydrogens (tertiary/aromatic N) is 1. The lowest BCUT2D eigenvalue weighted by molar-refractivity contribution is 0.136. The Balaban J connectivity index is 2.29. The fourth-order valence-electron chi connectivity index (χ4n) is 2.36. The largest absolute Gasteiger partial charge is 0.317 e. The van der Waals surface area contributed by atoms with Gasteiger partial charge >= 0.3 is 0 Å². The Labute approximate surface area is 95.4 Å². The fraction of sp³-hybridized carbons (Fsp3) is 1.00. The van der Waals surface area contributed by atoms with E-state index in [4.69, 9.17) is 0 Å². The minimum Gasteiger partial charge on any atom is -0.317 e. The van der Waals surface area contributed by atoms with E-state index in [0.29, 0.717) is 5.41 Å². The van der Waals surface area contributed by atoms with E-state index in [1.54, 1.807) is 0 Å². The van der Waals surface area contributed by atoms with Crippen molar-refractivity contribution in [1.82, 2.24) is 10.2 Å². The van der Waals surface area contributed by atoms with Gasteiger partial charge in [-0.2, -0.15) is 0 Å². The minimum absolute atomic E-state index is 0.475. The zero-order valence-electron chi connectivity index (χ0n) is 11.1. The molecule has 2 heteroatoms. The van der Waals surface area contributed by atoms with Crippen LogP contribution in [0.2, 0.25) is 0 Å². The summed E-state index contributed by atoms with van der Waals surface area (Å²) in [6.07, 6.45) is 2.62. The lowest BCUT2D eigenvalue weighted by Gasteiger charge is -2.37. The van der Waals surface area contributed by atoms with E-state index in [1.165, 1.54) is 32.5 Å². The highest BCUT2D eigenvalue weighted by Gasteiger charge is 2.25. The van der Waals surface area contributed by atoms with E-state index in [-0.39, 0.29) is 0 Å². The van der Waals surface area contributed by atoms with Crippen LogP contribution in [0.1, 0.15) is 40.5 Å². The Morgan fingerprint density at radius 1 is 1.33 bits per heavy atom. The van der Waals surface area contributed by atoms with Crippen LogP contribution in [0.4, 0.5) is 0 Å². The minimum atomic E-state index is 0.475. The summed E-state index contributed by atoms with van der Waals surface area (Å²) in [6.45, 7) is 13.2. The molecule has 0 aromatic rings. The van der Waals surface area contributed by atoms with Crippen LogP contribution in [-0.2, 0) is 0 Å². The van der Waals surface area contributed by atoms with E-state index in [9.17, 15) is 0 Å². The van der Waals surface area contributed by atoms with Gasteiger partial charge in [-0.25, -0.2) is 0 Å². The molecule has 0 saturated carbocycles. The Morgan fingerprint density at radius 3 is 2.47 bits per heavy atom. The summed E-state index contributed by atoms with van der Waals surface area (Å²) in [4.78, 5) is 2.63. The number of piperidine rings is 1. The third kappa shape index (κ3) is 4.52. The first-order chi connectivity index (χ1) is 6.92. The van der Waals surface area contributed by atoms with Gasteiger partial charge in [0.25, 0.3) is 0 Å². The van der Waals surface area contributed by atoms with Crippen molar-refractivity contribution < 1.29 is 0 Å². The molecule has 1 saturated heterocycles. The van der Waals surface area contributed by atoms with Gasteiger partial charge in [-0.15, -0.1) is 0 Å². The number of hydrogen-bond acceptors (Lipinski definition) is 2. The van der Waals surface area contributed by atoms with E-state index < -0.39 is 0 Å². The van der Waals surface area contributed by atoms with Crippen LogP contribution in [0.15, 0.2) is 0 Å². The molecule has 90 valence electrons. The van der Waals surface area contributed by atoms with Gasteiger partial charge in [-0.3, -0.25) is 0 Å². The van der Waals surface area contributed by atoms with Crippen LogP contribution in [0.3, 0.4) is 0 Å². The van der Waals surface area contributed by atoms with Crippen LogP contribution in [0.25, 0.3) is 0 Å². The topological polar surface area (TPSA) is 15.3 Å². The van der Waals surface area contributed by atoms with E-state index in [2.05, 4.69) is 45.0 Å². The average Bonchev–Trinajstić information content (AvgIpc) is 2.14. The van der Waals surface area contributed by atoms with Crippen molar-refractivity contribution in [2.45, 2.75) is 46.6 Å². The quantitative estimate of drug-likeness (QED) is 0.772. The summed E-state index contributed by atoms with van der Waals surface area (Å²) in [5, 5.41) is 3.42. The van der Waals surface area contributed by atoms with Crippen LogP contribution in [0.5, 0.6) is 0 Å². The van der Waals surface area contributed by atoms with Crippen molar-refractivity contribution in [2.24, 2.45) is 11.3 Å². The molecule has 1 heterocycles. The van der Waals surface area contributed by atoms with Crippen molar-refractivity contribution in [3.63, 3.8) is 0 Å². The lowest BCUT2D eigenvalue weighted by Crippen LogP contribution is -2.47. The van der Waals surface area contributed by atoms with Crippen molar-refractivity contribution in [1.29, 1.82) is 0 Å². The van der Waals surface area contributed by atoms with Crippen LogP contribution < -0.4 is 5.32 Å². The number of rotatable bonds is 3. The zero-order chi connectivity index (χ0) is 11.5. The maximum absolute atomic E-state index is 3.42. The van der Waals surface area contributed by atoms with E-state index in [0.717, 1.165) is 12.0 Å². The molecular weight excluding hydrogens is 184 g/mol. The molecule has 2 nitrogen and oxygen atoms in total. The summed E-state index contributed by atoms with van der Waals surface area (Å²) in [5.74, 6) is 0.795. The second kappa shape index (κ2) is 5.31. The van der Waals surface area contributed by atoms with Gasteiger partial charge in [0.1, 0.15) is 0 Å². The molecule has 1 fully saturated rings. The summed E-state index contributed by atoms with van der Waals surface area (Å²) in [5.41, 5.74) is 0.475. The number of nitrogens with one attached hydrogen (secondary N) is 1. The highest BCUT2D eigenvalue weighted by molar-refractivity contribution is 4.82. The van der Waals surface area contributed by atoms with Crippen molar-refractivity contribution >= 4 is 0 Å². The molecule has 1 rings (SSSR count). The predicted molar refractivity (Wildman–Crippen MR) is 67.1 cm³/mol. The fourth-order valence-corrected chi connectivity index (χ4v) is 2.36. The third-order valence-corrected chi connectivity index (χ3v) is 3.54. The zero-order valence-corrected chi connectivity index (χ0v) is 11.1. The van der Waals surface area contributed by atoms with Gasteiger partial charge in [0, 0.05) is 12.6 Å². The highest BCUT2D eigenvalue weighted by atomic mass is 15.1. The molecule has 0 aromatic heterocycles. The maximum atomic E-state index is 3.42. The van der Waals surface area contributed by atoms with Crippen LogP contribution in [-0.4, -0.2) is 37.6 Å². The summed E-state index contributed by atoms with van der Waals surface area (Å²) in [6, 6.07) is 0.732. The molecule has 0 aliphatic carbocycles.